The molecular formula is C73H70N5OP. The second kappa shape index (κ2) is 19.3. The van der Waals surface area contributed by atoms with Crippen molar-refractivity contribution in [3.8, 4) is 45.5 Å². The van der Waals surface area contributed by atoms with Crippen LogP contribution >= 0.6 is 7.14 Å². The molecule has 0 unspecified atom stereocenters. The van der Waals surface area contributed by atoms with E-state index >= 15 is 4.57 Å². The van der Waals surface area contributed by atoms with Gasteiger partial charge in [-0.05, 0) is 123 Å². The van der Waals surface area contributed by atoms with Gasteiger partial charge in [-0.1, -0.05) is 210 Å². The first-order valence-electron chi connectivity index (χ1n) is 28.0. The third-order valence-corrected chi connectivity index (χ3v) is 19.1. The van der Waals surface area contributed by atoms with Gasteiger partial charge in [0.25, 0.3) is 0 Å². The molecule has 0 saturated heterocycles. The molecule has 0 radical (unpaired) electrons. The van der Waals surface area contributed by atoms with E-state index in [1.807, 2.05) is 84.9 Å². The number of hydrogen-bond acceptors (Lipinski definition) is 4. The van der Waals surface area contributed by atoms with Gasteiger partial charge in [-0.15, -0.1) is 0 Å². The highest BCUT2D eigenvalue weighted by molar-refractivity contribution is 7.85. The molecule has 398 valence electrons. The zero-order valence-electron chi connectivity index (χ0n) is 48.2. The summed E-state index contributed by atoms with van der Waals surface area (Å²) in [7, 11) is -3.34. The van der Waals surface area contributed by atoms with Gasteiger partial charge in [0.15, 0.2) is 24.6 Å². The molecule has 0 saturated carbocycles. The monoisotopic (exact) mass is 1060 g/mol. The second-order valence-corrected chi connectivity index (χ2v) is 28.6. The van der Waals surface area contributed by atoms with Crippen molar-refractivity contribution in [1.29, 1.82) is 0 Å². The van der Waals surface area contributed by atoms with Crippen LogP contribution in [-0.4, -0.2) is 24.1 Å². The topological polar surface area (TPSA) is 65.6 Å². The predicted octanol–water partition coefficient (Wildman–Crippen LogP) is 17.9. The summed E-state index contributed by atoms with van der Waals surface area (Å²) in [6.45, 7) is 27.4. The van der Waals surface area contributed by atoms with Gasteiger partial charge in [-0.3, -0.25) is 0 Å². The maximum Gasteiger partial charge on any atom is 0.171 e. The van der Waals surface area contributed by atoms with Crippen molar-refractivity contribution in [1.82, 2.24) is 24.1 Å². The molecule has 0 fully saturated rings. The molecule has 12 rings (SSSR count). The number of rotatable bonds is 8. The first-order chi connectivity index (χ1) is 38.0. The zero-order valence-corrected chi connectivity index (χ0v) is 49.1. The largest absolute Gasteiger partial charge is 0.309 e. The molecule has 0 aliphatic rings. The molecule has 6 nitrogen and oxygen atoms in total. The molecule has 12 aromatic rings. The lowest BCUT2D eigenvalue weighted by Gasteiger charge is -2.20. The molecule has 3 heterocycles. The minimum Gasteiger partial charge on any atom is -0.309 e. The van der Waals surface area contributed by atoms with Crippen LogP contribution in [0.5, 0.6) is 0 Å². The van der Waals surface area contributed by atoms with E-state index in [4.69, 9.17) is 15.0 Å². The van der Waals surface area contributed by atoms with Crippen LogP contribution in [0, 0.1) is 0 Å². The van der Waals surface area contributed by atoms with Gasteiger partial charge in [0.05, 0.1) is 22.1 Å². The molecule has 0 aliphatic heterocycles. The lowest BCUT2D eigenvalue weighted by Crippen LogP contribution is -2.25. The summed E-state index contributed by atoms with van der Waals surface area (Å²) in [6, 6.07) is 72.6. The van der Waals surface area contributed by atoms with Crippen LogP contribution in [0.25, 0.3) is 89.2 Å². The summed E-state index contributed by atoms with van der Waals surface area (Å²) >= 11 is 0. The van der Waals surface area contributed by atoms with Gasteiger partial charge in [0, 0.05) is 65.5 Å². The van der Waals surface area contributed by atoms with E-state index in [9.17, 15) is 0 Å². The van der Waals surface area contributed by atoms with E-state index < -0.39 is 7.14 Å². The summed E-state index contributed by atoms with van der Waals surface area (Å²) in [5, 5.41) is 7.13. The molecule has 0 bridgehead atoms. The quantitative estimate of drug-likeness (QED) is 0.142. The van der Waals surface area contributed by atoms with Crippen LogP contribution in [0.4, 0.5) is 0 Å². The Bertz CT molecular complexity index is 4030. The maximum atomic E-state index is 15.9. The zero-order chi connectivity index (χ0) is 56.1. The minimum absolute atomic E-state index is 0.0207. The highest BCUT2D eigenvalue weighted by Crippen LogP contribution is 2.44. The SMILES string of the molecule is CC(C)(C)c1ccc2c(c1)c1cc(C(C)(C)C)ccc1n2-c1cccc(-c2nc(-c3cccc(-n4c5ccc(C(C)(C)C)cc5c5cc(C(C)(C)C)ccc54)c3)nc(-c3cccc(P(=O)(c4ccccc4)c4ccccc4)c3)n2)c1. The molecule has 0 spiro atoms. The maximum absolute atomic E-state index is 15.9. The number of benzene rings is 9. The third kappa shape index (κ3) is 9.37. The van der Waals surface area contributed by atoms with Crippen LogP contribution in [-0.2, 0) is 26.2 Å². The van der Waals surface area contributed by atoms with Gasteiger partial charge in [0.2, 0.25) is 0 Å². The number of fused-ring (bicyclic) bond motifs is 6. The molecule has 0 atom stereocenters. The smallest absolute Gasteiger partial charge is 0.171 e. The summed E-state index contributed by atoms with van der Waals surface area (Å²) in [5.41, 5.74) is 14.1. The van der Waals surface area contributed by atoms with Crippen LogP contribution in [0.3, 0.4) is 0 Å². The first kappa shape index (κ1) is 52.5. The lowest BCUT2D eigenvalue weighted by atomic mass is 9.85. The van der Waals surface area contributed by atoms with Crippen molar-refractivity contribution in [2.75, 3.05) is 0 Å². The average Bonchev–Trinajstić information content (AvgIpc) is 3.97. The van der Waals surface area contributed by atoms with Crippen LogP contribution in [0.15, 0.2) is 206 Å². The molecule has 3 aromatic heterocycles. The van der Waals surface area contributed by atoms with Crippen molar-refractivity contribution in [2.24, 2.45) is 0 Å². The van der Waals surface area contributed by atoms with E-state index in [0.717, 1.165) is 60.7 Å². The normalized spacial score (nSPS) is 12.8. The van der Waals surface area contributed by atoms with Crippen molar-refractivity contribution >= 4 is 66.7 Å². The van der Waals surface area contributed by atoms with Crippen molar-refractivity contribution < 1.29 is 4.57 Å². The first-order valence-corrected chi connectivity index (χ1v) is 29.7. The van der Waals surface area contributed by atoms with Crippen molar-refractivity contribution in [3.63, 3.8) is 0 Å². The summed E-state index contributed by atoms with van der Waals surface area (Å²) < 4.78 is 20.6. The van der Waals surface area contributed by atoms with E-state index in [-0.39, 0.29) is 21.7 Å². The van der Waals surface area contributed by atoms with E-state index in [0.29, 0.717) is 22.8 Å². The fraction of sp³-hybridized carbons (Fsp3) is 0.219. The Morgan fingerprint density at radius 3 is 0.900 bits per heavy atom. The van der Waals surface area contributed by atoms with Gasteiger partial charge in [-0.2, -0.15) is 0 Å². The summed E-state index contributed by atoms with van der Waals surface area (Å²) in [6.07, 6.45) is 0. The second-order valence-electron chi connectivity index (χ2n) is 25.8. The number of hydrogen-bond donors (Lipinski definition) is 0. The highest BCUT2D eigenvalue weighted by atomic mass is 31.2. The Labute approximate surface area is 471 Å². The molecule has 9 aromatic carbocycles. The fourth-order valence-corrected chi connectivity index (χ4v) is 14.1. The fourth-order valence-electron chi connectivity index (χ4n) is 11.4. The van der Waals surface area contributed by atoms with Crippen molar-refractivity contribution in [2.45, 2.75) is 105 Å². The van der Waals surface area contributed by atoms with Gasteiger partial charge in [-0.25, -0.2) is 15.0 Å². The van der Waals surface area contributed by atoms with Gasteiger partial charge < -0.3 is 13.7 Å². The Kier molecular flexibility index (Phi) is 12.7. The van der Waals surface area contributed by atoms with Gasteiger partial charge >= 0.3 is 0 Å². The van der Waals surface area contributed by atoms with Crippen molar-refractivity contribution in [3.05, 3.63) is 229 Å². The Hall–Kier alpha value is -8.18. The molecular weight excluding hydrogens is 994 g/mol. The average molecular weight is 1060 g/mol. The number of aromatic nitrogens is 5. The molecule has 80 heavy (non-hydrogen) atoms. The lowest BCUT2D eigenvalue weighted by molar-refractivity contribution is 0.590. The Morgan fingerprint density at radius 1 is 0.300 bits per heavy atom. The Balaban J connectivity index is 1.07. The van der Waals surface area contributed by atoms with E-state index in [2.05, 4.69) is 214 Å². The number of nitrogens with zero attached hydrogens (tertiary/aromatic N) is 5. The minimum atomic E-state index is -3.34. The van der Waals surface area contributed by atoms with E-state index in [1.54, 1.807) is 0 Å². The standard InChI is InChI=1S/C73H70N5OP/c1-70(2,3)50-32-36-63-59(43-50)60-44-51(71(4,5)6)33-37-64(60)77(63)54-25-19-22-47(40-54)67-74-68(76-69(75-67)49-24-21-31-58(42-49)80(79,56-27-15-13-16-28-56)57-29-17-14-18-30-57)48-23-20-26-55(41-48)78-65-38-34-52(72(7,8)9)45-61(65)62-46-53(73(10,11)12)35-39-66(62)78/h13-46H,1-12H3. The summed E-state index contributed by atoms with van der Waals surface area (Å²) in [4.78, 5) is 16.2. The predicted molar refractivity (Wildman–Crippen MR) is 339 cm³/mol. The highest BCUT2D eigenvalue weighted by Gasteiger charge is 2.31. The molecule has 7 heteroatoms. The molecule has 0 aliphatic carbocycles. The summed E-state index contributed by atoms with van der Waals surface area (Å²) in [5.74, 6) is 1.55. The molecule has 0 amide bonds. The van der Waals surface area contributed by atoms with E-state index in [1.165, 1.54) is 43.8 Å². The van der Waals surface area contributed by atoms with Crippen LogP contribution in [0.2, 0.25) is 0 Å². The molecule has 0 N–H and O–H groups in total. The van der Waals surface area contributed by atoms with Crippen LogP contribution in [0.1, 0.15) is 105 Å². The van der Waals surface area contributed by atoms with Crippen LogP contribution < -0.4 is 15.9 Å². The Morgan fingerprint density at radius 2 is 0.588 bits per heavy atom. The third-order valence-electron chi connectivity index (χ3n) is 16.1. The van der Waals surface area contributed by atoms with Gasteiger partial charge in [0.1, 0.15) is 0 Å².